The van der Waals surface area contributed by atoms with Gasteiger partial charge in [0.25, 0.3) is 11.8 Å². The van der Waals surface area contributed by atoms with Crippen LogP contribution >= 0.6 is 23.4 Å². The monoisotopic (exact) mass is 478 g/mol. The van der Waals surface area contributed by atoms with Gasteiger partial charge in [0.2, 0.25) is 0 Å². The Bertz CT molecular complexity index is 1260. The Kier molecular flexibility index (Phi) is 6.82. The first kappa shape index (κ1) is 22.6. The van der Waals surface area contributed by atoms with Crippen LogP contribution in [0.5, 0.6) is 0 Å². The van der Waals surface area contributed by atoms with Crippen molar-refractivity contribution in [3.05, 3.63) is 100 Å². The van der Waals surface area contributed by atoms with Gasteiger partial charge in [-0.1, -0.05) is 59.8 Å². The third kappa shape index (κ3) is 4.79. The Labute approximate surface area is 200 Å². The maximum Gasteiger partial charge on any atom is 0.338 e. The van der Waals surface area contributed by atoms with E-state index in [0.29, 0.717) is 16.9 Å². The van der Waals surface area contributed by atoms with Crippen LogP contribution in [0.4, 0.5) is 11.4 Å². The summed E-state index contributed by atoms with van der Waals surface area (Å²) in [6, 6.07) is 22.5. The summed E-state index contributed by atoms with van der Waals surface area (Å²) < 4.78 is 5.05. The first-order valence-corrected chi connectivity index (χ1v) is 11.3. The first-order valence-electron chi connectivity index (χ1n) is 10.1. The number of carbonyl (C=O) groups excluding carboxylic acids is 3. The first-order chi connectivity index (χ1) is 16.0. The van der Waals surface area contributed by atoms with Gasteiger partial charge in [-0.2, -0.15) is 0 Å². The van der Waals surface area contributed by atoms with Crippen molar-refractivity contribution in [2.75, 3.05) is 16.8 Å². The number of anilines is 2. The molecule has 0 fully saturated rings. The maximum atomic E-state index is 13.4. The summed E-state index contributed by atoms with van der Waals surface area (Å²) in [7, 11) is 0. The summed E-state index contributed by atoms with van der Waals surface area (Å²) in [5.41, 5.74) is 1.22. The van der Waals surface area contributed by atoms with Crippen LogP contribution in [0, 0.1) is 0 Å². The number of thioether (sulfide) groups is 1. The fourth-order valence-corrected chi connectivity index (χ4v) is 4.42. The van der Waals surface area contributed by atoms with E-state index in [1.54, 1.807) is 55.5 Å². The van der Waals surface area contributed by atoms with Gasteiger partial charge in [0.05, 0.1) is 22.9 Å². The molecular weight excluding hydrogens is 460 g/mol. The van der Waals surface area contributed by atoms with Crippen LogP contribution in [0.3, 0.4) is 0 Å². The quantitative estimate of drug-likeness (QED) is 0.356. The van der Waals surface area contributed by atoms with Crippen molar-refractivity contribution < 1.29 is 19.1 Å². The fraction of sp³-hybridized carbons (Fsp3) is 0.0800. The summed E-state index contributed by atoms with van der Waals surface area (Å²) in [6.07, 6.45) is 0. The summed E-state index contributed by atoms with van der Waals surface area (Å²) >= 11 is 7.48. The molecule has 33 heavy (non-hydrogen) atoms. The Balaban J connectivity index is 1.73. The van der Waals surface area contributed by atoms with E-state index < -0.39 is 17.8 Å². The molecule has 1 aliphatic heterocycles. The van der Waals surface area contributed by atoms with Gasteiger partial charge in [-0.05, 0) is 49.4 Å². The summed E-state index contributed by atoms with van der Waals surface area (Å²) in [6.45, 7) is 1.98. The van der Waals surface area contributed by atoms with E-state index in [9.17, 15) is 14.4 Å². The predicted octanol–water partition coefficient (Wildman–Crippen LogP) is 5.51. The number of esters is 1. The van der Waals surface area contributed by atoms with Gasteiger partial charge in [-0.25, -0.2) is 9.69 Å². The standard InChI is InChI=1S/C25H19ClN2O4S/c1-2-32-25(31)16-9-8-10-17(15-16)27-21-22(33-18-11-4-3-5-12-18)24(30)28(23(21)29)20-14-7-6-13-19(20)26/h3-15,27H,2H2,1H3. The van der Waals surface area contributed by atoms with E-state index in [2.05, 4.69) is 5.32 Å². The van der Waals surface area contributed by atoms with Crippen LogP contribution in [-0.2, 0) is 14.3 Å². The smallest absolute Gasteiger partial charge is 0.338 e. The largest absolute Gasteiger partial charge is 0.462 e. The molecule has 0 unspecified atom stereocenters. The van der Waals surface area contributed by atoms with Crippen molar-refractivity contribution in [1.29, 1.82) is 0 Å². The summed E-state index contributed by atoms with van der Waals surface area (Å²) in [5, 5.41) is 3.33. The van der Waals surface area contributed by atoms with Gasteiger partial charge in [-0.3, -0.25) is 9.59 Å². The van der Waals surface area contributed by atoms with E-state index in [0.717, 1.165) is 9.80 Å². The van der Waals surface area contributed by atoms with Crippen LogP contribution in [0.25, 0.3) is 0 Å². The van der Waals surface area contributed by atoms with E-state index >= 15 is 0 Å². The number of amides is 2. The van der Waals surface area contributed by atoms with Gasteiger partial charge in [0.1, 0.15) is 10.6 Å². The second-order valence-corrected chi connectivity index (χ2v) is 8.43. The second-order valence-electron chi connectivity index (χ2n) is 6.94. The number of rotatable bonds is 7. The van der Waals surface area contributed by atoms with Crippen molar-refractivity contribution in [2.45, 2.75) is 11.8 Å². The van der Waals surface area contributed by atoms with E-state index in [1.807, 2.05) is 30.3 Å². The molecule has 2 amide bonds. The highest BCUT2D eigenvalue weighted by Crippen LogP contribution is 2.39. The van der Waals surface area contributed by atoms with Gasteiger partial charge in [0, 0.05) is 10.6 Å². The predicted molar refractivity (Wildman–Crippen MR) is 129 cm³/mol. The molecule has 0 aliphatic carbocycles. The molecule has 8 heteroatoms. The minimum atomic E-state index is -0.534. The van der Waals surface area contributed by atoms with Crippen LogP contribution in [0.15, 0.2) is 94.4 Å². The molecule has 0 saturated carbocycles. The molecule has 1 aliphatic rings. The molecule has 1 heterocycles. The molecule has 4 rings (SSSR count). The Hall–Kier alpha value is -3.55. The van der Waals surface area contributed by atoms with Crippen LogP contribution in [0.1, 0.15) is 17.3 Å². The topological polar surface area (TPSA) is 75.7 Å². The molecule has 0 radical (unpaired) electrons. The Morgan fingerprint density at radius 2 is 1.70 bits per heavy atom. The van der Waals surface area contributed by atoms with Gasteiger partial charge in [0.15, 0.2) is 0 Å². The highest BCUT2D eigenvalue weighted by Gasteiger charge is 2.41. The lowest BCUT2D eigenvalue weighted by Crippen LogP contribution is -2.32. The average Bonchev–Trinajstić information content (AvgIpc) is 3.04. The molecule has 166 valence electrons. The number of hydrogen-bond donors (Lipinski definition) is 1. The van der Waals surface area contributed by atoms with E-state index in [1.165, 1.54) is 11.8 Å². The zero-order valence-electron chi connectivity index (χ0n) is 17.6. The zero-order chi connectivity index (χ0) is 23.4. The molecule has 0 aromatic heterocycles. The Morgan fingerprint density at radius 1 is 0.970 bits per heavy atom. The number of carbonyl (C=O) groups is 3. The number of halogens is 1. The molecule has 0 atom stereocenters. The number of nitrogens with one attached hydrogen (secondary N) is 1. The zero-order valence-corrected chi connectivity index (χ0v) is 19.2. The molecule has 1 N–H and O–H groups in total. The minimum absolute atomic E-state index is 0.106. The summed E-state index contributed by atoms with van der Waals surface area (Å²) in [5.74, 6) is -1.49. The third-order valence-electron chi connectivity index (χ3n) is 4.74. The SMILES string of the molecule is CCOC(=O)c1cccc(NC2=C(Sc3ccccc3)C(=O)N(c3ccccc3Cl)C2=O)c1. The van der Waals surface area contributed by atoms with Crippen molar-refractivity contribution in [1.82, 2.24) is 0 Å². The number of benzene rings is 3. The number of hydrogen-bond acceptors (Lipinski definition) is 6. The highest BCUT2D eigenvalue weighted by atomic mass is 35.5. The lowest BCUT2D eigenvalue weighted by molar-refractivity contribution is -0.120. The van der Waals surface area contributed by atoms with E-state index in [-0.39, 0.29) is 22.2 Å². The van der Waals surface area contributed by atoms with Crippen molar-refractivity contribution in [2.24, 2.45) is 0 Å². The molecule has 3 aromatic rings. The van der Waals surface area contributed by atoms with Crippen LogP contribution in [0.2, 0.25) is 5.02 Å². The lowest BCUT2D eigenvalue weighted by Gasteiger charge is -2.16. The van der Waals surface area contributed by atoms with Crippen molar-refractivity contribution in [3.63, 3.8) is 0 Å². The van der Waals surface area contributed by atoms with Gasteiger partial charge >= 0.3 is 5.97 Å². The van der Waals surface area contributed by atoms with Crippen molar-refractivity contribution >= 4 is 52.5 Å². The number of imide groups is 1. The number of ether oxygens (including phenoxy) is 1. The molecular formula is C25H19ClN2O4S. The summed E-state index contributed by atoms with van der Waals surface area (Å²) in [4.78, 5) is 41.0. The normalized spacial score (nSPS) is 13.5. The van der Waals surface area contributed by atoms with Gasteiger partial charge < -0.3 is 10.1 Å². The fourth-order valence-electron chi connectivity index (χ4n) is 3.26. The second kappa shape index (κ2) is 9.94. The molecule has 0 bridgehead atoms. The maximum absolute atomic E-state index is 13.4. The minimum Gasteiger partial charge on any atom is -0.462 e. The molecule has 3 aromatic carbocycles. The van der Waals surface area contributed by atoms with Crippen LogP contribution in [-0.4, -0.2) is 24.4 Å². The molecule has 0 spiro atoms. The molecule has 6 nitrogen and oxygen atoms in total. The average molecular weight is 479 g/mol. The van der Waals surface area contributed by atoms with Crippen molar-refractivity contribution in [3.8, 4) is 0 Å². The third-order valence-corrected chi connectivity index (χ3v) is 6.15. The lowest BCUT2D eigenvalue weighted by atomic mass is 10.2. The van der Waals surface area contributed by atoms with E-state index in [4.69, 9.17) is 16.3 Å². The number of para-hydroxylation sites is 1. The highest BCUT2D eigenvalue weighted by molar-refractivity contribution is 8.04. The molecule has 0 saturated heterocycles. The number of nitrogens with zero attached hydrogens (tertiary/aromatic N) is 1. The Morgan fingerprint density at radius 3 is 2.42 bits per heavy atom. The van der Waals surface area contributed by atoms with Crippen LogP contribution < -0.4 is 10.2 Å². The van der Waals surface area contributed by atoms with Gasteiger partial charge in [-0.15, -0.1) is 0 Å².